The monoisotopic (exact) mass is 268 g/mol. The average molecular weight is 269 g/mol. The lowest BCUT2D eigenvalue weighted by atomic mass is 10.1. The van der Waals surface area contributed by atoms with Gasteiger partial charge in [0.15, 0.2) is 0 Å². The van der Waals surface area contributed by atoms with E-state index in [1.807, 2.05) is 30.3 Å². The third kappa shape index (κ3) is 2.63. The first-order valence-electron chi connectivity index (χ1n) is 6.23. The Hall–Kier alpha value is -1.82. The average Bonchev–Trinajstić information content (AvgIpc) is 2.80. The van der Waals surface area contributed by atoms with Gasteiger partial charge < -0.3 is 0 Å². The van der Waals surface area contributed by atoms with Gasteiger partial charge >= 0.3 is 0 Å². The largest absolute Gasteiger partial charge is 0.291 e. The molecule has 1 aliphatic heterocycles. The number of nitriles is 1. The van der Waals surface area contributed by atoms with Crippen LogP contribution in [0, 0.1) is 11.3 Å². The zero-order valence-corrected chi connectivity index (χ0v) is 11.2. The SMILES string of the molecule is N#Cc1cccc(CN2Cc3ccc(Cl)cc3C2)c1. The highest BCUT2D eigenvalue weighted by Crippen LogP contribution is 2.26. The van der Waals surface area contributed by atoms with Gasteiger partial charge in [-0.2, -0.15) is 5.26 Å². The number of halogens is 1. The Labute approximate surface area is 117 Å². The predicted molar refractivity (Wildman–Crippen MR) is 75.6 cm³/mol. The molecule has 2 nitrogen and oxygen atoms in total. The first kappa shape index (κ1) is 12.2. The van der Waals surface area contributed by atoms with Crippen molar-refractivity contribution in [2.75, 3.05) is 0 Å². The zero-order chi connectivity index (χ0) is 13.2. The summed E-state index contributed by atoms with van der Waals surface area (Å²) in [6.07, 6.45) is 0. The summed E-state index contributed by atoms with van der Waals surface area (Å²) in [5, 5.41) is 9.72. The third-order valence-electron chi connectivity index (χ3n) is 3.42. The van der Waals surface area contributed by atoms with Crippen molar-refractivity contribution >= 4 is 11.6 Å². The highest BCUT2D eigenvalue weighted by molar-refractivity contribution is 6.30. The van der Waals surface area contributed by atoms with E-state index in [0.29, 0.717) is 0 Å². The molecule has 3 rings (SSSR count). The van der Waals surface area contributed by atoms with Crippen LogP contribution in [-0.4, -0.2) is 4.90 Å². The highest BCUT2D eigenvalue weighted by atomic mass is 35.5. The van der Waals surface area contributed by atoms with Gasteiger partial charge in [-0.15, -0.1) is 0 Å². The molecule has 0 fully saturated rings. The van der Waals surface area contributed by atoms with Crippen LogP contribution in [0.2, 0.25) is 5.02 Å². The number of hydrogen-bond acceptors (Lipinski definition) is 2. The van der Waals surface area contributed by atoms with E-state index >= 15 is 0 Å². The second-order valence-corrected chi connectivity index (χ2v) is 5.31. The van der Waals surface area contributed by atoms with Gasteiger partial charge in [-0.05, 0) is 41.0 Å². The maximum Gasteiger partial charge on any atom is 0.0991 e. The summed E-state index contributed by atoms with van der Waals surface area (Å²) in [5.41, 5.74) is 4.56. The smallest absolute Gasteiger partial charge is 0.0991 e. The van der Waals surface area contributed by atoms with Crippen LogP contribution in [-0.2, 0) is 19.6 Å². The molecular weight excluding hydrogens is 256 g/mol. The number of rotatable bonds is 2. The van der Waals surface area contributed by atoms with E-state index in [1.54, 1.807) is 0 Å². The zero-order valence-electron chi connectivity index (χ0n) is 10.4. The summed E-state index contributed by atoms with van der Waals surface area (Å²) in [5.74, 6) is 0. The quantitative estimate of drug-likeness (QED) is 0.830. The van der Waals surface area contributed by atoms with E-state index in [2.05, 4.69) is 23.1 Å². The molecule has 19 heavy (non-hydrogen) atoms. The van der Waals surface area contributed by atoms with Crippen LogP contribution >= 0.6 is 11.6 Å². The Balaban J connectivity index is 1.75. The topological polar surface area (TPSA) is 27.0 Å². The third-order valence-corrected chi connectivity index (χ3v) is 3.65. The van der Waals surface area contributed by atoms with Gasteiger partial charge in [0, 0.05) is 24.7 Å². The molecule has 0 spiro atoms. The van der Waals surface area contributed by atoms with Crippen molar-refractivity contribution in [1.29, 1.82) is 5.26 Å². The number of nitrogens with zero attached hydrogens (tertiary/aromatic N) is 2. The van der Waals surface area contributed by atoms with Gasteiger partial charge in [0.25, 0.3) is 0 Å². The second-order valence-electron chi connectivity index (χ2n) is 4.87. The van der Waals surface area contributed by atoms with Crippen molar-refractivity contribution in [2.45, 2.75) is 19.6 Å². The van der Waals surface area contributed by atoms with Gasteiger partial charge in [0.2, 0.25) is 0 Å². The number of hydrogen-bond donors (Lipinski definition) is 0. The van der Waals surface area contributed by atoms with Crippen LogP contribution in [0.3, 0.4) is 0 Å². The van der Waals surface area contributed by atoms with E-state index in [-0.39, 0.29) is 0 Å². The molecular formula is C16H13ClN2. The van der Waals surface area contributed by atoms with Gasteiger partial charge in [0.05, 0.1) is 11.6 Å². The second kappa shape index (κ2) is 5.05. The van der Waals surface area contributed by atoms with Crippen LogP contribution < -0.4 is 0 Å². The van der Waals surface area contributed by atoms with Gasteiger partial charge in [-0.25, -0.2) is 0 Å². The molecule has 2 aromatic rings. The summed E-state index contributed by atoms with van der Waals surface area (Å²) < 4.78 is 0. The Kier molecular flexibility index (Phi) is 3.25. The van der Waals surface area contributed by atoms with Crippen LogP contribution in [0.4, 0.5) is 0 Å². The molecule has 0 atom stereocenters. The van der Waals surface area contributed by atoms with Gasteiger partial charge in [0.1, 0.15) is 0 Å². The molecule has 0 saturated heterocycles. The Morgan fingerprint density at radius 1 is 1.11 bits per heavy atom. The first-order valence-corrected chi connectivity index (χ1v) is 6.61. The van der Waals surface area contributed by atoms with Crippen molar-refractivity contribution in [3.8, 4) is 6.07 Å². The van der Waals surface area contributed by atoms with Crippen LogP contribution in [0.15, 0.2) is 42.5 Å². The number of fused-ring (bicyclic) bond motifs is 1. The van der Waals surface area contributed by atoms with E-state index in [9.17, 15) is 0 Å². The van der Waals surface area contributed by atoms with Crippen molar-refractivity contribution in [3.63, 3.8) is 0 Å². The molecule has 0 amide bonds. The van der Waals surface area contributed by atoms with Crippen molar-refractivity contribution in [3.05, 3.63) is 69.7 Å². The molecule has 3 heteroatoms. The standard InChI is InChI=1S/C16H13ClN2/c17-16-5-4-14-10-19(11-15(14)7-16)9-13-3-1-2-12(6-13)8-18/h1-7H,9-11H2. The molecule has 2 aromatic carbocycles. The van der Waals surface area contributed by atoms with Crippen LogP contribution in [0.25, 0.3) is 0 Å². The first-order chi connectivity index (χ1) is 9.24. The lowest BCUT2D eigenvalue weighted by molar-refractivity contribution is 0.275. The Morgan fingerprint density at radius 2 is 1.95 bits per heavy atom. The highest BCUT2D eigenvalue weighted by Gasteiger charge is 2.18. The fourth-order valence-electron chi connectivity index (χ4n) is 2.54. The summed E-state index contributed by atoms with van der Waals surface area (Å²) in [6, 6.07) is 16.1. The minimum atomic E-state index is 0.720. The normalized spacial score (nSPS) is 14.1. The van der Waals surface area contributed by atoms with E-state index in [0.717, 1.165) is 30.2 Å². The Bertz CT molecular complexity index is 658. The molecule has 0 unspecified atom stereocenters. The van der Waals surface area contributed by atoms with Crippen molar-refractivity contribution in [2.24, 2.45) is 0 Å². The lowest BCUT2D eigenvalue weighted by Gasteiger charge is -2.14. The minimum Gasteiger partial charge on any atom is -0.291 e. The lowest BCUT2D eigenvalue weighted by Crippen LogP contribution is -2.15. The molecule has 1 heterocycles. The van der Waals surface area contributed by atoms with E-state index < -0.39 is 0 Å². The van der Waals surface area contributed by atoms with Crippen LogP contribution in [0.5, 0.6) is 0 Å². The maximum atomic E-state index is 8.92. The molecule has 0 aliphatic carbocycles. The summed E-state index contributed by atoms with van der Waals surface area (Å²) >= 11 is 6.02. The summed E-state index contributed by atoms with van der Waals surface area (Å²) in [6.45, 7) is 2.73. The molecule has 0 aromatic heterocycles. The van der Waals surface area contributed by atoms with Gasteiger partial charge in [-0.3, -0.25) is 4.90 Å². The predicted octanol–water partition coefficient (Wildman–Crippen LogP) is 3.73. The molecule has 0 N–H and O–H groups in total. The van der Waals surface area contributed by atoms with E-state index in [4.69, 9.17) is 16.9 Å². The Morgan fingerprint density at radius 3 is 2.79 bits per heavy atom. The van der Waals surface area contributed by atoms with E-state index in [1.165, 1.54) is 16.7 Å². The molecule has 1 aliphatic rings. The molecule has 0 radical (unpaired) electrons. The van der Waals surface area contributed by atoms with Crippen molar-refractivity contribution in [1.82, 2.24) is 4.90 Å². The van der Waals surface area contributed by atoms with Crippen LogP contribution in [0.1, 0.15) is 22.3 Å². The fraction of sp³-hybridized carbons (Fsp3) is 0.188. The van der Waals surface area contributed by atoms with Crippen molar-refractivity contribution < 1.29 is 0 Å². The number of benzene rings is 2. The fourth-order valence-corrected chi connectivity index (χ4v) is 2.74. The minimum absolute atomic E-state index is 0.720. The summed E-state index contributed by atoms with van der Waals surface area (Å²) in [7, 11) is 0. The van der Waals surface area contributed by atoms with Gasteiger partial charge in [-0.1, -0.05) is 29.8 Å². The maximum absolute atomic E-state index is 8.92. The molecule has 94 valence electrons. The summed E-state index contributed by atoms with van der Waals surface area (Å²) in [4.78, 5) is 2.36. The molecule has 0 bridgehead atoms. The molecule has 0 saturated carbocycles.